The molecule has 0 aliphatic heterocycles. The van der Waals surface area contributed by atoms with Crippen molar-refractivity contribution in [3.05, 3.63) is 50.9 Å². The smallest absolute Gasteiger partial charge is 0.143 e. The minimum atomic E-state index is 0.216. The Hall–Kier alpha value is -1.20. The molecule has 3 nitrogen and oxygen atoms in total. The minimum Gasteiger partial charge on any atom is -0.506 e. The molecule has 0 saturated carbocycles. The van der Waals surface area contributed by atoms with E-state index in [1.54, 1.807) is 0 Å². The Kier molecular flexibility index (Phi) is 5.94. The summed E-state index contributed by atoms with van der Waals surface area (Å²) in [6.07, 6.45) is 0.993. The third-order valence-corrected chi connectivity index (χ3v) is 4.09. The Morgan fingerprint density at radius 1 is 1.14 bits per heavy atom. The van der Waals surface area contributed by atoms with E-state index in [0.717, 1.165) is 30.0 Å². The van der Waals surface area contributed by atoms with Crippen LogP contribution in [0, 0.1) is 0 Å². The summed E-state index contributed by atoms with van der Waals surface area (Å²) in [4.78, 5) is 0. The van der Waals surface area contributed by atoms with Crippen LogP contribution in [0.15, 0.2) is 45.3 Å². The van der Waals surface area contributed by atoms with Crippen LogP contribution in [0.1, 0.15) is 18.9 Å². The van der Waals surface area contributed by atoms with Crippen LogP contribution in [0.5, 0.6) is 11.5 Å². The Morgan fingerprint density at radius 3 is 2.52 bits per heavy atom. The van der Waals surface area contributed by atoms with Gasteiger partial charge in [0, 0.05) is 18.3 Å². The van der Waals surface area contributed by atoms with Gasteiger partial charge in [-0.05, 0) is 68.1 Å². The molecule has 0 aliphatic rings. The number of nitrogens with one attached hydrogen (secondary N) is 1. The number of halogens is 2. The van der Waals surface area contributed by atoms with Gasteiger partial charge in [0.25, 0.3) is 0 Å². The van der Waals surface area contributed by atoms with E-state index >= 15 is 0 Å². The van der Waals surface area contributed by atoms with E-state index in [2.05, 4.69) is 44.1 Å². The van der Waals surface area contributed by atoms with Crippen molar-refractivity contribution in [2.24, 2.45) is 0 Å². The molecule has 0 unspecified atom stereocenters. The number of aromatic hydroxyl groups is 1. The molecule has 0 radical (unpaired) electrons. The quantitative estimate of drug-likeness (QED) is 0.672. The maximum absolute atomic E-state index is 9.70. The average molecular weight is 415 g/mol. The van der Waals surface area contributed by atoms with Gasteiger partial charge in [0.05, 0.1) is 15.6 Å². The molecule has 2 N–H and O–H groups in total. The SMILES string of the molecule is CCCOc1cccc(NCc2cc(Br)c(O)c(Br)c2)c1. The summed E-state index contributed by atoms with van der Waals surface area (Å²) in [6, 6.07) is 11.7. The zero-order chi connectivity index (χ0) is 15.2. The number of hydrogen-bond donors (Lipinski definition) is 2. The monoisotopic (exact) mass is 413 g/mol. The number of benzene rings is 2. The Bertz CT molecular complexity index is 594. The molecule has 0 bridgehead atoms. The van der Waals surface area contributed by atoms with Gasteiger partial charge in [-0.1, -0.05) is 13.0 Å². The molecular formula is C16H17Br2NO2. The Labute approximate surface area is 141 Å². The van der Waals surface area contributed by atoms with E-state index in [0.29, 0.717) is 15.5 Å². The number of rotatable bonds is 6. The van der Waals surface area contributed by atoms with E-state index in [4.69, 9.17) is 4.74 Å². The van der Waals surface area contributed by atoms with Crippen LogP contribution in [0.25, 0.3) is 0 Å². The zero-order valence-corrected chi connectivity index (χ0v) is 14.9. The lowest BCUT2D eigenvalue weighted by atomic mass is 10.2. The topological polar surface area (TPSA) is 41.5 Å². The molecule has 0 heterocycles. The first kappa shape index (κ1) is 16.2. The van der Waals surface area contributed by atoms with Gasteiger partial charge in [-0.15, -0.1) is 0 Å². The molecule has 0 fully saturated rings. The van der Waals surface area contributed by atoms with Crippen LogP contribution in [0.3, 0.4) is 0 Å². The van der Waals surface area contributed by atoms with Gasteiger partial charge >= 0.3 is 0 Å². The van der Waals surface area contributed by atoms with Crippen molar-refractivity contribution in [2.75, 3.05) is 11.9 Å². The molecule has 5 heteroatoms. The predicted octanol–water partition coefficient (Wildman–Crippen LogP) is 5.32. The van der Waals surface area contributed by atoms with E-state index in [1.807, 2.05) is 36.4 Å². The fourth-order valence-electron chi connectivity index (χ4n) is 1.84. The van der Waals surface area contributed by atoms with Crippen LogP contribution in [-0.4, -0.2) is 11.7 Å². The van der Waals surface area contributed by atoms with Crippen LogP contribution in [-0.2, 0) is 6.54 Å². The molecule has 0 aromatic heterocycles. The summed E-state index contributed by atoms with van der Waals surface area (Å²) < 4.78 is 6.96. The summed E-state index contributed by atoms with van der Waals surface area (Å²) in [5.74, 6) is 1.09. The number of phenolic OH excluding ortho intramolecular Hbond substituents is 1. The fraction of sp³-hybridized carbons (Fsp3) is 0.250. The van der Waals surface area contributed by atoms with E-state index in [9.17, 15) is 5.11 Å². The summed E-state index contributed by atoms with van der Waals surface area (Å²) in [5, 5.41) is 13.1. The van der Waals surface area contributed by atoms with Gasteiger partial charge in [0.2, 0.25) is 0 Å². The van der Waals surface area contributed by atoms with Gasteiger partial charge in [-0.25, -0.2) is 0 Å². The third-order valence-electron chi connectivity index (χ3n) is 2.88. The highest BCUT2D eigenvalue weighted by molar-refractivity contribution is 9.11. The number of hydrogen-bond acceptors (Lipinski definition) is 3. The molecule has 112 valence electrons. The van der Waals surface area contributed by atoms with Crippen molar-refractivity contribution >= 4 is 37.5 Å². The molecule has 0 saturated heterocycles. The maximum atomic E-state index is 9.70. The van der Waals surface area contributed by atoms with Crippen LogP contribution < -0.4 is 10.1 Å². The number of anilines is 1. The summed E-state index contributed by atoms with van der Waals surface area (Å²) in [7, 11) is 0. The normalized spacial score (nSPS) is 10.4. The summed E-state index contributed by atoms with van der Waals surface area (Å²) in [6.45, 7) is 3.47. The molecule has 0 spiro atoms. The number of phenols is 1. The lowest BCUT2D eigenvalue weighted by molar-refractivity contribution is 0.317. The first-order chi connectivity index (χ1) is 10.1. The van der Waals surface area contributed by atoms with Crippen LogP contribution in [0.4, 0.5) is 5.69 Å². The highest BCUT2D eigenvalue weighted by atomic mass is 79.9. The Balaban J connectivity index is 2.03. The van der Waals surface area contributed by atoms with Crippen LogP contribution in [0.2, 0.25) is 0 Å². The lowest BCUT2D eigenvalue weighted by Crippen LogP contribution is -2.01. The second-order valence-corrected chi connectivity index (χ2v) is 6.35. The second kappa shape index (κ2) is 7.71. The highest BCUT2D eigenvalue weighted by Crippen LogP contribution is 2.33. The summed E-state index contributed by atoms with van der Waals surface area (Å²) >= 11 is 6.67. The highest BCUT2D eigenvalue weighted by Gasteiger charge is 2.06. The fourth-order valence-corrected chi connectivity index (χ4v) is 3.12. The van der Waals surface area contributed by atoms with Crippen LogP contribution >= 0.6 is 31.9 Å². The maximum Gasteiger partial charge on any atom is 0.143 e. The van der Waals surface area contributed by atoms with Gasteiger partial charge in [-0.3, -0.25) is 0 Å². The minimum absolute atomic E-state index is 0.216. The van der Waals surface area contributed by atoms with Gasteiger partial charge < -0.3 is 15.2 Å². The van der Waals surface area contributed by atoms with Gasteiger partial charge in [0.15, 0.2) is 0 Å². The molecular weight excluding hydrogens is 398 g/mol. The molecule has 0 amide bonds. The van der Waals surface area contributed by atoms with Crippen molar-refractivity contribution < 1.29 is 9.84 Å². The first-order valence-electron chi connectivity index (χ1n) is 6.73. The average Bonchev–Trinajstić information content (AvgIpc) is 2.49. The van der Waals surface area contributed by atoms with Gasteiger partial charge in [0.1, 0.15) is 11.5 Å². The largest absolute Gasteiger partial charge is 0.506 e. The van der Waals surface area contributed by atoms with E-state index < -0.39 is 0 Å². The predicted molar refractivity (Wildman–Crippen MR) is 93.1 cm³/mol. The van der Waals surface area contributed by atoms with Crippen molar-refractivity contribution in [1.29, 1.82) is 0 Å². The molecule has 2 aromatic carbocycles. The second-order valence-electron chi connectivity index (χ2n) is 4.64. The van der Waals surface area contributed by atoms with E-state index in [-0.39, 0.29) is 5.75 Å². The standard InChI is InChI=1S/C16H17Br2NO2/c1-2-6-21-13-5-3-4-12(9-13)19-10-11-7-14(17)16(20)15(18)8-11/h3-5,7-9,19-20H,2,6,10H2,1H3. The van der Waals surface area contributed by atoms with E-state index in [1.165, 1.54) is 0 Å². The molecule has 2 aromatic rings. The molecule has 0 aliphatic carbocycles. The van der Waals surface area contributed by atoms with Crippen molar-refractivity contribution in [3.63, 3.8) is 0 Å². The summed E-state index contributed by atoms with van der Waals surface area (Å²) in [5.41, 5.74) is 2.07. The molecule has 0 atom stereocenters. The van der Waals surface area contributed by atoms with Crippen molar-refractivity contribution in [1.82, 2.24) is 0 Å². The zero-order valence-electron chi connectivity index (χ0n) is 11.7. The Morgan fingerprint density at radius 2 is 1.86 bits per heavy atom. The molecule has 21 heavy (non-hydrogen) atoms. The van der Waals surface area contributed by atoms with Gasteiger partial charge in [-0.2, -0.15) is 0 Å². The van der Waals surface area contributed by atoms with Crippen molar-refractivity contribution in [2.45, 2.75) is 19.9 Å². The molecule has 2 rings (SSSR count). The number of ether oxygens (including phenoxy) is 1. The van der Waals surface area contributed by atoms with Crippen molar-refractivity contribution in [3.8, 4) is 11.5 Å². The lowest BCUT2D eigenvalue weighted by Gasteiger charge is -2.11. The third kappa shape index (κ3) is 4.64. The first-order valence-corrected chi connectivity index (χ1v) is 8.32.